The molecule has 0 saturated carbocycles. The Morgan fingerprint density at radius 2 is 1.75 bits per heavy atom. The van der Waals surface area contributed by atoms with Crippen LogP contribution in [-0.2, 0) is 12.7 Å². The molecule has 24 heavy (non-hydrogen) atoms. The van der Waals surface area contributed by atoms with Gasteiger partial charge in [-0.1, -0.05) is 6.07 Å². The van der Waals surface area contributed by atoms with Gasteiger partial charge >= 0.3 is 6.18 Å². The summed E-state index contributed by atoms with van der Waals surface area (Å²) in [6.45, 7) is 0.0650. The van der Waals surface area contributed by atoms with E-state index in [2.05, 4.69) is 15.5 Å². The molecule has 1 heterocycles. The van der Waals surface area contributed by atoms with Crippen LogP contribution in [0.15, 0.2) is 52.9 Å². The lowest BCUT2D eigenvalue weighted by Crippen LogP contribution is -2.06. The molecule has 3 aromatic rings. The van der Waals surface area contributed by atoms with Crippen LogP contribution in [0.5, 0.6) is 0 Å². The number of hydrogen-bond donors (Lipinski definition) is 1. The highest BCUT2D eigenvalue weighted by molar-refractivity contribution is 5.52. The molecule has 0 amide bonds. The van der Waals surface area contributed by atoms with Crippen molar-refractivity contribution in [1.29, 1.82) is 0 Å². The molecule has 0 atom stereocenters. The Morgan fingerprint density at radius 3 is 2.46 bits per heavy atom. The van der Waals surface area contributed by atoms with Gasteiger partial charge in [-0.25, -0.2) is 4.39 Å². The fourth-order valence-corrected chi connectivity index (χ4v) is 2.02. The van der Waals surface area contributed by atoms with E-state index < -0.39 is 11.7 Å². The Kier molecular flexibility index (Phi) is 4.20. The quantitative estimate of drug-likeness (QED) is 0.712. The number of nitrogens with zero attached hydrogens (tertiary/aromatic N) is 2. The summed E-state index contributed by atoms with van der Waals surface area (Å²) in [5, 5.41) is 10.4. The van der Waals surface area contributed by atoms with Crippen molar-refractivity contribution >= 4 is 5.69 Å². The summed E-state index contributed by atoms with van der Waals surface area (Å²) in [6, 6.07) is 10.3. The minimum Gasteiger partial charge on any atom is -0.419 e. The number of hydrogen-bond acceptors (Lipinski definition) is 4. The molecule has 4 nitrogen and oxygen atoms in total. The molecule has 0 bridgehead atoms. The number of benzene rings is 2. The maximum absolute atomic E-state index is 12.9. The third-order valence-electron chi connectivity index (χ3n) is 3.19. The lowest BCUT2D eigenvalue weighted by atomic mass is 10.2. The topological polar surface area (TPSA) is 51.0 Å². The van der Waals surface area contributed by atoms with Crippen LogP contribution >= 0.6 is 0 Å². The molecular formula is C16H11F4N3O. The molecule has 0 radical (unpaired) electrons. The zero-order valence-corrected chi connectivity index (χ0v) is 12.1. The van der Waals surface area contributed by atoms with Crippen molar-refractivity contribution in [2.45, 2.75) is 12.7 Å². The maximum atomic E-state index is 12.9. The Labute approximate surface area is 134 Å². The van der Waals surface area contributed by atoms with Gasteiger partial charge < -0.3 is 9.73 Å². The summed E-state index contributed by atoms with van der Waals surface area (Å²) in [5.74, 6) is 0.0206. The highest BCUT2D eigenvalue weighted by atomic mass is 19.4. The Hall–Kier alpha value is -2.90. The summed E-state index contributed by atoms with van der Waals surface area (Å²) in [6.07, 6.45) is -4.40. The number of halogens is 4. The van der Waals surface area contributed by atoms with E-state index in [1.165, 1.54) is 36.4 Å². The molecule has 0 spiro atoms. The summed E-state index contributed by atoms with van der Waals surface area (Å²) >= 11 is 0. The van der Waals surface area contributed by atoms with Gasteiger partial charge in [0, 0.05) is 11.3 Å². The highest BCUT2D eigenvalue weighted by Crippen LogP contribution is 2.30. The number of anilines is 1. The second kappa shape index (κ2) is 6.31. The molecule has 0 aliphatic rings. The van der Waals surface area contributed by atoms with Crippen LogP contribution in [-0.4, -0.2) is 10.2 Å². The summed E-state index contributed by atoms with van der Waals surface area (Å²) < 4.78 is 56.2. The van der Waals surface area contributed by atoms with E-state index in [-0.39, 0.29) is 29.8 Å². The van der Waals surface area contributed by atoms with Gasteiger partial charge in [0.15, 0.2) is 0 Å². The number of aromatic nitrogens is 2. The third kappa shape index (κ3) is 3.70. The molecular weight excluding hydrogens is 326 g/mol. The summed E-state index contributed by atoms with van der Waals surface area (Å²) in [7, 11) is 0. The molecule has 0 fully saturated rings. The molecule has 8 heteroatoms. The molecule has 0 aliphatic heterocycles. The fourth-order valence-electron chi connectivity index (χ4n) is 2.02. The number of alkyl halides is 3. The normalized spacial score (nSPS) is 11.5. The van der Waals surface area contributed by atoms with Crippen LogP contribution in [0, 0.1) is 5.82 Å². The first-order valence-corrected chi connectivity index (χ1v) is 6.91. The van der Waals surface area contributed by atoms with E-state index >= 15 is 0 Å². The largest absolute Gasteiger partial charge is 0.419 e. The van der Waals surface area contributed by atoms with E-state index in [0.717, 1.165) is 12.1 Å². The predicted octanol–water partition coefficient (Wildman–Crippen LogP) is 4.51. The second-order valence-corrected chi connectivity index (χ2v) is 4.94. The van der Waals surface area contributed by atoms with Gasteiger partial charge in [0.25, 0.3) is 0 Å². The van der Waals surface area contributed by atoms with Crippen LogP contribution in [0.4, 0.5) is 23.2 Å². The van der Waals surface area contributed by atoms with Crippen molar-refractivity contribution in [2.75, 3.05) is 5.32 Å². The average Bonchev–Trinajstić information content (AvgIpc) is 3.02. The standard InChI is InChI=1S/C16H11F4N3O/c17-12-6-4-10(5-7-12)15-23-22-14(24-15)9-21-13-3-1-2-11(8-13)16(18,19)20/h1-8,21H,9H2. The van der Waals surface area contributed by atoms with E-state index in [1.54, 1.807) is 0 Å². The first-order valence-electron chi connectivity index (χ1n) is 6.91. The minimum absolute atomic E-state index is 0.0650. The van der Waals surface area contributed by atoms with Gasteiger partial charge in [-0.2, -0.15) is 13.2 Å². The van der Waals surface area contributed by atoms with Gasteiger partial charge in [0.1, 0.15) is 5.82 Å². The first kappa shape index (κ1) is 16.0. The van der Waals surface area contributed by atoms with Gasteiger partial charge in [-0.3, -0.25) is 0 Å². The van der Waals surface area contributed by atoms with E-state index in [0.29, 0.717) is 5.56 Å². The molecule has 0 saturated heterocycles. The first-order chi connectivity index (χ1) is 11.4. The van der Waals surface area contributed by atoms with Crippen LogP contribution < -0.4 is 5.32 Å². The molecule has 2 aromatic carbocycles. The molecule has 124 valence electrons. The van der Waals surface area contributed by atoms with Crippen molar-refractivity contribution in [1.82, 2.24) is 10.2 Å². The zero-order valence-electron chi connectivity index (χ0n) is 12.1. The molecule has 1 N–H and O–H groups in total. The average molecular weight is 337 g/mol. The Bertz CT molecular complexity index is 828. The van der Waals surface area contributed by atoms with Crippen LogP contribution in [0.2, 0.25) is 0 Å². The molecule has 3 rings (SSSR count). The van der Waals surface area contributed by atoms with Gasteiger partial charge in [-0.05, 0) is 42.5 Å². The van der Waals surface area contributed by atoms with Crippen molar-refractivity contribution in [3.63, 3.8) is 0 Å². The zero-order chi connectivity index (χ0) is 17.2. The Balaban J connectivity index is 1.69. The summed E-state index contributed by atoms with van der Waals surface area (Å²) in [5.41, 5.74) is 0.0885. The van der Waals surface area contributed by atoms with Crippen molar-refractivity contribution < 1.29 is 22.0 Å². The fraction of sp³-hybridized carbons (Fsp3) is 0.125. The second-order valence-electron chi connectivity index (χ2n) is 4.94. The molecule has 0 aliphatic carbocycles. The lowest BCUT2D eigenvalue weighted by molar-refractivity contribution is -0.137. The highest BCUT2D eigenvalue weighted by Gasteiger charge is 2.30. The van der Waals surface area contributed by atoms with Crippen LogP contribution in [0.1, 0.15) is 11.5 Å². The molecule has 1 aromatic heterocycles. The minimum atomic E-state index is -4.40. The smallest absolute Gasteiger partial charge is 0.416 e. The van der Waals surface area contributed by atoms with E-state index in [1.807, 2.05) is 0 Å². The van der Waals surface area contributed by atoms with Gasteiger partial charge in [0.05, 0.1) is 12.1 Å². The Morgan fingerprint density at radius 1 is 1.00 bits per heavy atom. The van der Waals surface area contributed by atoms with Crippen LogP contribution in [0.25, 0.3) is 11.5 Å². The van der Waals surface area contributed by atoms with Crippen molar-refractivity contribution in [3.8, 4) is 11.5 Å². The summed E-state index contributed by atoms with van der Waals surface area (Å²) in [4.78, 5) is 0. The number of rotatable bonds is 4. The van der Waals surface area contributed by atoms with Gasteiger partial charge in [0.2, 0.25) is 11.8 Å². The monoisotopic (exact) mass is 337 g/mol. The SMILES string of the molecule is Fc1ccc(-c2nnc(CNc3cccc(C(F)(F)F)c3)o2)cc1. The number of nitrogens with one attached hydrogen (secondary N) is 1. The molecule has 0 unspecified atom stereocenters. The van der Waals surface area contributed by atoms with E-state index in [9.17, 15) is 17.6 Å². The lowest BCUT2D eigenvalue weighted by Gasteiger charge is -2.09. The van der Waals surface area contributed by atoms with E-state index in [4.69, 9.17) is 4.42 Å². The van der Waals surface area contributed by atoms with Crippen LogP contribution in [0.3, 0.4) is 0 Å². The maximum Gasteiger partial charge on any atom is 0.416 e. The van der Waals surface area contributed by atoms with Crippen molar-refractivity contribution in [2.24, 2.45) is 0 Å². The third-order valence-corrected chi connectivity index (χ3v) is 3.19. The van der Waals surface area contributed by atoms with Gasteiger partial charge in [-0.15, -0.1) is 10.2 Å². The van der Waals surface area contributed by atoms with Crippen molar-refractivity contribution in [3.05, 3.63) is 65.8 Å². The predicted molar refractivity (Wildman–Crippen MR) is 78.5 cm³/mol.